The Kier molecular flexibility index (Phi) is 3.57. The first-order valence-electron chi connectivity index (χ1n) is 5.76. The standard InChI is InChI=1S/C14H15BrO2/c1-2-3-4-9-5-10-7-13(16)14(17)8-11(10)12(15)6-9/h5-8,16-17H,2-4H2,1H3. The van der Waals surface area contributed by atoms with E-state index in [4.69, 9.17) is 0 Å². The molecule has 2 aromatic carbocycles. The first-order chi connectivity index (χ1) is 8.11. The molecule has 0 aliphatic carbocycles. The van der Waals surface area contributed by atoms with Crippen LogP contribution < -0.4 is 0 Å². The lowest BCUT2D eigenvalue weighted by Crippen LogP contribution is -1.86. The molecule has 0 unspecified atom stereocenters. The maximum Gasteiger partial charge on any atom is 0.158 e. The minimum absolute atomic E-state index is 0.0722. The van der Waals surface area contributed by atoms with Gasteiger partial charge in [0, 0.05) is 4.47 Å². The van der Waals surface area contributed by atoms with E-state index in [0.29, 0.717) is 0 Å². The van der Waals surface area contributed by atoms with Crippen LogP contribution in [0.3, 0.4) is 0 Å². The van der Waals surface area contributed by atoms with Crippen LogP contribution in [-0.4, -0.2) is 10.2 Å². The van der Waals surface area contributed by atoms with Gasteiger partial charge in [0.1, 0.15) is 0 Å². The monoisotopic (exact) mass is 294 g/mol. The summed E-state index contributed by atoms with van der Waals surface area (Å²) in [6.45, 7) is 2.17. The van der Waals surface area contributed by atoms with Gasteiger partial charge in [0.2, 0.25) is 0 Å². The van der Waals surface area contributed by atoms with Crippen molar-refractivity contribution in [3.05, 3.63) is 34.3 Å². The molecule has 0 atom stereocenters. The number of benzene rings is 2. The number of unbranched alkanes of at least 4 members (excludes halogenated alkanes) is 1. The van der Waals surface area contributed by atoms with Crippen molar-refractivity contribution in [2.45, 2.75) is 26.2 Å². The SMILES string of the molecule is CCCCc1cc(Br)c2cc(O)c(O)cc2c1. The first-order valence-corrected chi connectivity index (χ1v) is 6.55. The van der Waals surface area contributed by atoms with Crippen molar-refractivity contribution in [2.24, 2.45) is 0 Å². The lowest BCUT2D eigenvalue weighted by atomic mass is 10.0. The molecule has 0 radical (unpaired) electrons. The molecule has 0 fully saturated rings. The fraction of sp³-hybridized carbons (Fsp3) is 0.286. The van der Waals surface area contributed by atoms with E-state index in [1.54, 1.807) is 12.1 Å². The summed E-state index contributed by atoms with van der Waals surface area (Å²) in [5.41, 5.74) is 1.25. The highest BCUT2D eigenvalue weighted by molar-refractivity contribution is 9.10. The van der Waals surface area contributed by atoms with Crippen molar-refractivity contribution < 1.29 is 10.2 Å². The highest BCUT2D eigenvalue weighted by Gasteiger charge is 2.07. The van der Waals surface area contributed by atoms with Gasteiger partial charge < -0.3 is 10.2 Å². The average molecular weight is 295 g/mol. The topological polar surface area (TPSA) is 40.5 Å². The molecular formula is C14H15BrO2. The van der Waals surface area contributed by atoms with Gasteiger partial charge in [-0.15, -0.1) is 0 Å². The van der Waals surface area contributed by atoms with Gasteiger partial charge in [-0.3, -0.25) is 0 Å². The second-order valence-corrected chi connectivity index (χ2v) is 5.10. The van der Waals surface area contributed by atoms with E-state index in [9.17, 15) is 10.2 Å². The van der Waals surface area contributed by atoms with Crippen LogP contribution in [0.15, 0.2) is 28.7 Å². The molecule has 2 rings (SSSR count). The number of aromatic hydroxyl groups is 2. The second kappa shape index (κ2) is 4.96. The predicted octanol–water partition coefficient (Wildman–Crippen LogP) is 4.36. The zero-order valence-corrected chi connectivity index (χ0v) is 11.3. The predicted molar refractivity (Wildman–Crippen MR) is 73.6 cm³/mol. The van der Waals surface area contributed by atoms with Crippen LogP contribution in [0.5, 0.6) is 11.5 Å². The molecule has 0 aliphatic rings. The normalized spacial score (nSPS) is 10.9. The summed E-state index contributed by atoms with van der Waals surface area (Å²) in [6.07, 6.45) is 3.35. The fourth-order valence-corrected chi connectivity index (χ4v) is 2.56. The van der Waals surface area contributed by atoms with Crippen LogP contribution in [0.25, 0.3) is 10.8 Å². The molecule has 0 saturated carbocycles. The van der Waals surface area contributed by atoms with E-state index >= 15 is 0 Å². The lowest BCUT2D eigenvalue weighted by Gasteiger charge is -2.07. The number of hydrogen-bond donors (Lipinski definition) is 2. The molecule has 0 amide bonds. The van der Waals surface area contributed by atoms with Gasteiger partial charge in [-0.1, -0.05) is 35.3 Å². The molecule has 0 aromatic heterocycles. The van der Waals surface area contributed by atoms with Crippen molar-refractivity contribution in [1.82, 2.24) is 0 Å². The summed E-state index contributed by atoms with van der Waals surface area (Å²) in [5.74, 6) is -0.156. The maximum absolute atomic E-state index is 9.51. The summed E-state index contributed by atoms with van der Waals surface area (Å²) in [6, 6.07) is 7.33. The van der Waals surface area contributed by atoms with Gasteiger partial charge in [-0.05, 0) is 47.4 Å². The van der Waals surface area contributed by atoms with Gasteiger partial charge in [-0.25, -0.2) is 0 Å². The molecule has 0 saturated heterocycles. The van der Waals surface area contributed by atoms with Crippen LogP contribution in [0.1, 0.15) is 25.3 Å². The smallest absolute Gasteiger partial charge is 0.158 e. The summed E-state index contributed by atoms with van der Waals surface area (Å²) in [7, 11) is 0. The Morgan fingerprint density at radius 2 is 1.76 bits per heavy atom. The Labute approximate surface area is 109 Å². The molecular weight excluding hydrogens is 280 g/mol. The van der Waals surface area contributed by atoms with E-state index in [1.165, 1.54) is 5.56 Å². The van der Waals surface area contributed by atoms with Crippen LogP contribution in [0.2, 0.25) is 0 Å². The number of halogens is 1. The van der Waals surface area contributed by atoms with Crippen molar-refractivity contribution in [3.63, 3.8) is 0 Å². The third-order valence-electron chi connectivity index (χ3n) is 2.88. The number of fused-ring (bicyclic) bond motifs is 1. The molecule has 0 aliphatic heterocycles. The summed E-state index contributed by atoms with van der Waals surface area (Å²) in [5, 5.41) is 20.9. The zero-order chi connectivity index (χ0) is 12.4. The third kappa shape index (κ3) is 2.55. The van der Waals surface area contributed by atoms with Gasteiger partial charge in [0.25, 0.3) is 0 Å². The van der Waals surface area contributed by atoms with Crippen LogP contribution >= 0.6 is 15.9 Å². The Morgan fingerprint density at radius 3 is 2.47 bits per heavy atom. The largest absolute Gasteiger partial charge is 0.504 e. The highest BCUT2D eigenvalue weighted by atomic mass is 79.9. The quantitative estimate of drug-likeness (QED) is 0.826. The molecule has 0 bridgehead atoms. The first kappa shape index (κ1) is 12.2. The van der Waals surface area contributed by atoms with Crippen LogP contribution in [-0.2, 0) is 6.42 Å². The van der Waals surface area contributed by atoms with E-state index in [0.717, 1.165) is 34.5 Å². The van der Waals surface area contributed by atoms with E-state index in [-0.39, 0.29) is 11.5 Å². The molecule has 17 heavy (non-hydrogen) atoms. The van der Waals surface area contributed by atoms with Crippen LogP contribution in [0.4, 0.5) is 0 Å². The van der Waals surface area contributed by atoms with E-state index in [2.05, 4.69) is 35.0 Å². The minimum Gasteiger partial charge on any atom is -0.504 e. The Morgan fingerprint density at radius 1 is 1.06 bits per heavy atom. The molecule has 2 aromatic rings. The number of aryl methyl sites for hydroxylation is 1. The average Bonchev–Trinajstić information content (AvgIpc) is 2.29. The van der Waals surface area contributed by atoms with Gasteiger partial charge in [-0.2, -0.15) is 0 Å². The number of rotatable bonds is 3. The lowest BCUT2D eigenvalue weighted by molar-refractivity contribution is 0.405. The van der Waals surface area contributed by atoms with Crippen molar-refractivity contribution in [2.75, 3.05) is 0 Å². The highest BCUT2D eigenvalue weighted by Crippen LogP contribution is 2.35. The van der Waals surface area contributed by atoms with Crippen molar-refractivity contribution >= 4 is 26.7 Å². The summed E-state index contributed by atoms with van der Waals surface area (Å²) < 4.78 is 0.955. The van der Waals surface area contributed by atoms with E-state index < -0.39 is 0 Å². The van der Waals surface area contributed by atoms with Crippen molar-refractivity contribution in [1.29, 1.82) is 0 Å². The Balaban J connectivity index is 2.53. The number of hydrogen-bond acceptors (Lipinski definition) is 2. The minimum atomic E-state index is -0.0838. The zero-order valence-electron chi connectivity index (χ0n) is 9.70. The van der Waals surface area contributed by atoms with Crippen LogP contribution in [0, 0.1) is 0 Å². The van der Waals surface area contributed by atoms with E-state index in [1.807, 2.05) is 0 Å². The summed E-state index contributed by atoms with van der Waals surface area (Å²) >= 11 is 3.51. The Bertz CT molecular complexity index is 549. The van der Waals surface area contributed by atoms with Gasteiger partial charge in [0.05, 0.1) is 0 Å². The molecule has 2 N–H and O–H groups in total. The van der Waals surface area contributed by atoms with Crippen molar-refractivity contribution in [3.8, 4) is 11.5 Å². The van der Waals surface area contributed by atoms with Gasteiger partial charge in [0.15, 0.2) is 11.5 Å². The maximum atomic E-state index is 9.51. The Hall–Kier alpha value is -1.22. The van der Waals surface area contributed by atoms with Gasteiger partial charge >= 0.3 is 0 Å². The molecule has 90 valence electrons. The molecule has 0 spiro atoms. The molecule has 3 heteroatoms. The summed E-state index contributed by atoms with van der Waals surface area (Å²) in [4.78, 5) is 0. The number of phenolic OH excluding ortho intramolecular Hbond substituents is 2. The second-order valence-electron chi connectivity index (χ2n) is 4.24. The third-order valence-corrected chi connectivity index (χ3v) is 3.53. The molecule has 0 heterocycles. The molecule has 2 nitrogen and oxygen atoms in total. The number of phenols is 2. The fourth-order valence-electron chi connectivity index (χ4n) is 1.93.